The van der Waals surface area contributed by atoms with E-state index in [0.29, 0.717) is 12.5 Å². The summed E-state index contributed by atoms with van der Waals surface area (Å²) < 4.78 is 15.5. The molecular weight excluding hydrogens is 427 g/mol. The zero-order valence-corrected chi connectivity index (χ0v) is 17.8. The summed E-state index contributed by atoms with van der Waals surface area (Å²) >= 11 is 5.76. The lowest BCUT2D eigenvalue weighted by Gasteiger charge is -2.49. The van der Waals surface area contributed by atoms with Gasteiger partial charge in [-0.25, -0.2) is 4.39 Å². The molecule has 2 atom stereocenters. The Morgan fingerprint density at radius 1 is 1.35 bits per heavy atom. The molecule has 1 fully saturated rings. The van der Waals surface area contributed by atoms with E-state index in [1.807, 2.05) is 5.01 Å². The Hall–Kier alpha value is -3.07. The van der Waals surface area contributed by atoms with E-state index >= 15 is 0 Å². The summed E-state index contributed by atoms with van der Waals surface area (Å²) in [5.74, 6) is -2.31. The van der Waals surface area contributed by atoms with E-state index in [9.17, 15) is 23.9 Å². The molecular formula is C21H22ClFN4O4. The van der Waals surface area contributed by atoms with Gasteiger partial charge in [-0.15, -0.1) is 0 Å². The predicted molar refractivity (Wildman–Crippen MR) is 112 cm³/mol. The molecule has 3 heterocycles. The average molecular weight is 449 g/mol. The first-order valence-electron chi connectivity index (χ1n) is 9.94. The van der Waals surface area contributed by atoms with Gasteiger partial charge in [0.1, 0.15) is 17.5 Å². The van der Waals surface area contributed by atoms with E-state index in [2.05, 4.69) is 12.2 Å². The largest absolute Gasteiger partial charge is 0.502 e. The number of amides is 2. The molecule has 1 saturated heterocycles. The van der Waals surface area contributed by atoms with Crippen LogP contribution < -0.4 is 15.8 Å². The zero-order valence-electron chi connectivity index (χ0n) is 17.1. The van der Waals surface area contributed by atoms with Crippen molar-refractivity contribution in [1.82, 2.24) is 14.9 Å². The van der Waals surface area contributed by atoms with Crippen molar-refractivity contribution >= 4 is 23.4 Å². The highest BCUT2D eigenvalue weighted by molar-refractivity contribution is 6.30. The van der Waals surface area contributed by atoms with Crippen LogP contribution in [0.1, 0.15) is 46.2 Å². The molecule has 0 spiro atoms. The maximum atomic E-state index is 14.1. The van der Waals surface area contributed by atoms with Gasteiger partial charge >= 0.3 is 0 Å². The van der Waals surface area contributed by atoms with Gasteiger partial charge in [-0.3, -0.25) is 24.1 Å². The fourth-order valence-electron chi connectivity index (χ4n) is 4.12. The van der Waals surface area contributed by atoms with Crippen molar-refractivity contribution in [1.29, 1.82) is 0 Å². The van der Waals surface area contributed by atoms with E-state index in [0.717, 1.165) is 12.8 Å². The number of benzene rings is 1. The third kappa shape index (κ3) is 3.52. The van der Waals surface area contributed by atoms with E-state index in [1.54, 1.807) is 13.1 Å². The zero-order chi connectivity index (χ0) is 22.4. The van der Waals surface area contributed by atoms with Crippen LogP contribution in [0, 0.1) is 11.7 Å². The highest BCUT2D eigenvalue weighted by atomic mass is 35.5. The Kier molecular flexibility index (Phi) is 5.38. The van der Waals surface area contributed by atoms with Crippen LogP contribution in [0.2, 0.25) is 5.02 Å². The van der Waals surface area contributed by atoms with Gasteiger partial charge in [0.05, 0.1) is 5.02 Å². The predicted octanol–water partition coefficient (Wildman–Crippen LogP) is 2.06. The second kappa shape index (κ2) is 7.88. The van der Waals surface area contributed by atoms with Crippen molar-refractivity contribution in [2.45, 2.75) is 32.5 Å². The summed E-state index contributed by atoms with van der Waals surface area (Å²) in [7, 11) is 1.63. The maximum Gasteiger partial charge on any atom is 0.277 e. The molecule has 2 aliphatic rings. The number of nitrogens with zero attached hydrogens (tertiary/aromatic N) is 3. The molecule has 10 heteroatoms. The van der Waals surface area contributed by atoms with E-state index < -0.39 is 28.8 Å². The van der Waals surface area contributed by atoms with E-state index in [4.69, 9.17) is 11.6 Å². The van der Waals surface area contributed by atoms with Gasteiger partial charge in [-0.05, 0) is 24.8 Å². The molecule has 1 aromatic carbocycles. The number of rotatable bonds is 3. The highest BCUT2D eigenvalue weighted by Gasteiger charge is 2.41. The molecule has 2 amide bonds. The van der Waals surface area contributed by atoms with Crippen LogP contribution in [0.5, 0.6) is 5.75 Å². The molecule has 2 aromatic rings. The van der Waals surface area contributed by atoms with Crippen LogP contribution in [0.4, 0.5) is 4.39 Å². The topological polar surface area (TPSA) is 94.9 Å². The first-order chi connectivity index (χ1) is 14.7. The summed E-state index contributed by atoms with van der Waals surface area (Å²) in [5.41, 5.74) is -1.31. The number of pyridine rings is 1. The number of piperidine rings is 1. The van der Waals surface area contributed by atoms with Gasteiger partial charge in [-0.1, -0.05) is 30.7 Å². The van der Waals surface area contributed by atoms with Crippen molar-refractivity contribution in [3.05, 3.63) is 62.3 Å². The Bertz CT molecular complexity index is 1140. The Labute approximate surface area is 182 Å². The first kappa shape index (κ1) is 21.2. The molecule has 31 heavy (non-hydrogen) atoms. The Morgan fingerprint density at radius 3 is 2.84 bits per heavy atom. The minimum atomic E-state index is -0.958. The van der Waals surface area contributed by atoms with Crippen LogP contribution in [0.25, 0.3) is 0 Å². The molecule has 0 aliphatic carbocycles. The van der Waals surface area contributed by atoms with Crippen LogP contribution in [0.15, 0.2) is 29.2 Å². The Morgan fingerprint density at radius 2 is 2.10 bits per heavy atom. The van der Waals surface area contributed by atoms with Crippen molar-refractivity contribution in [3.8, 4) is 5.75 Å². The number of aromatic hydroxyl groups is 1. The molecule has 164 valence electrons. The normalized spacial score (nSPS) is 20.3. The van der Waals surface area contributed by atoms with Crippen LogP contribution in [-0.2, 0) is 6.54 Å². The van der Waals surface area contributed by atoms with Gasteiger partial charge < -0.3 is 15.3 Å². The van der Waals surface area contributed by atoms with Crippen molar-refractivity contribution in [2.75, 3.05) is 18.6 Å². The second-order valence-corrected chi connectivity index (χ2v) is 8.41. The summed E-state index contributed by atoms with van der Waals surface area (Å²) in [6, 6.07) is 4.40. The standard InChI is InChI=1S/C21H22ClFN4O4/c1-11-6-7-26-15(8-11)25(2)21(31)17-19(29)18(28)13(10-27(17)26)20(30)24-9-12-4-3-5-14(22)16(12)23/h3-5,10-11,15,29H,6-9H2,1-2H3,(H,24,30)/t11-,15-/m0/s1. The SMILES string of the molecule is C[C@H]1CCN2[C@@H](C1)N(C)C(=O)c1c(O)c(=O)c(C(=O)NCc3cccc(Cl)c3F)cn12. The van der Waals surface area contributed by atoms with Gasteiger partial charge in [0.15, 0.2) is 11.4 Å². The fraction of sp³-hybridized carbons (Fsp3) is 0.381. The molecule has 0 saturated carbocycles. The van der Waals surface area contributed by atoms with Crippen molar-refractivity contribution < 1.29 is 19.1 Å². The first-order valence-corrected chi connectivity index (χ1v) is 10.3. The molecule has 0 unspecified atom stereocenters. The van der Waals surface area contributed by atoms with Gasteiger partial charge in [0.25, 0.3) is 11.8 Å². The average Bonchev–Trinajstić information content (AvgIpc) is 2.74. The summed E-state index contributed by atoms with van der Waals surface area (Å²) in [6.45, 7) is 2.49. The lowest BCUT2D eigenvalue weighted by molar-refractivity contribution is 0.0557. The van der Waals surface area contributed by atoms with E-state index in [-0.39, 0.29) is 34.6 Å². The number of aromatic nitrogens is 1. The molecule has 1 aromatic heterocycles. The van der Waals surface area contributed by atoms with E-state index in [1.165, 1.54) is 27.9 Å². The fourth-order valence-corrected chi connectivity index (χ4v) is 4.32. The number of carbonyl (C=O) groups is 2. The number of nitrogens with one attached hydrogen (secondary N) is 1. The molecule has 0 bridgehead atoms. The third-order valence-corrected chi connectivity index (χ3v) is 6.23. The summed E-state index contributed by atoms with van der Waals surface area (Å²) in [6.07, 6.45) is 2.61. The molecule has 0 radical (unpaired) electrons. The number of halogens is 2. The number of hydrogen-bond acceptors (Lipinski definition) is 5. The molecule has 8 nitrogen and oxygen atoms in total. The maximum absolute atomic E-state index is 14.1. The number of fused-ring (bicyclic) bond motifs is 3. The molecule has 4 rings (SSSR count). The monoisotopic (exact) mass is 448 g/mol. The molecule has 2 aliphatic heterocycles. The van der Waals surface area contributed by atoms with Gasteiger partial charge in [-0.2, -0.15) is 0 Å². The lowest BCUT2D eigenvalue weighted by Crippen LogP contribution is -2.62. The van der Waals surface area contributed by atoms with Crippen LogP contribution in [-0.4, -0.2) is 46.3 Å². The van der Waals surface area contributed by atoms with Gasteiger partial charge in [0.2, 0.25) is 5.43 Å². The minimum absolute atomic E-state index is 0.0776. The highest BCUT2D eigenvalue weighted by Crippen LogP contribution is 2.30. The minimum Gasteiger partial charge on any atom is -0.502 e. The Balaban J connectivity index is 1.69. The van der Waals surface area contributed by atoms with Gasteiger partial charge in [0, 0.05) is 31.9 Å². The third-order valence-electron chi connectivity index (χ3n) is 5.94. The second-order valence-electron chi connectivity index (χ2n) is 8.00. The summed E-state index contributed by atoms with van der Waals surface area (Å²) in [4.78, 5) is 39.7. The number of carbonyl (C=O) groups excluding carboxylic acids is 2. The summed E-state index contributed by atoms with van der Waals surface area (Å²) in [5, 5.41) is 14.8. The lowest BCUT2D eigenvalue weighted by atomic mass is 9.96. The smallest absolute Gasteiger partial charge is 0.277 e. The number of hydrogen-bond donors (Lipinski definition) is 2. The van der Waals surface area contributed by atoms with Crippen molar-refractivity contribution in [2.24, 2.45) is 5.92 Å². The molecule has 2 N–H and O–H groups in total. The van der Waals surface area contributed by atoms with Crippen LogP contribution in [0.3, 0.4) is 0 Å². The van der Waals surface area contributed by atoms with Crippen molar-refractivity contribution in [3.63, 3.8) is 0 Å². The van der Waals surface area contributed by atoms with Crippen LogP contribution >= 0.6 is 11.6 Å². The quantitative estimate of drug-likeness (QED) is 0.749.